The van der Waals surface area contributed by atoms with E-state index in [9.17, 15) is 4.79 Å². The van der Waals surface area contributed by atoms with Crippen molar-refractivity contribution in [1.82, 2.24) is 0 Å². The molecule has 1 heterocycles. The number of rotatable bonds is 3. The fourth-order valence-corrected chi connectivity index (χ4v) is 3.85. The van der Waals surface area contributed by atoms with E-state index in [1.54, 1.807) is 7.11 Å². The van der Waals surface area contributed by atoms with E-state index in [0.29, 0.717) is 6.54 Å². The molecule has 0 aromatic heterocycles. The van der Waals surface area contributed by atoms with Gasteiger partial charge in [-0.1, -0.05) is 30.7 Å². The first kappa shape index (κ1) is 15.1. The molecule has 24 heavy (non-hydrogen) atoms. The fraction of sp³-hybridized carbons (Fsp3) is 0.350. The number of carbonyl (C=O) groups excluding carboxylic acids is 1. The van der Waals surface area contributed by atoms with Crippen LogP contribution in [-0.4, -0.2) is 19.1 Å². The molecular weight excluding hydrogens is 300 g/mol. The van der Waals surface area contributed by atoms with Crippen molar-refractivity contribution in [2.75, 3.05) is 17.3 Å². The van der Waals surface area contributed by atoms with Crippen LogP contribution in [0.2, 0.25) is 0 Å². The SMILES string of the molecule is COc1ccc(CN2C(=O)[C@H]3CCC[C@H]3Nc3ccccc32)cc1. The predicted molar refractivity (Wildman–Crippen MR) is 95.4 cm³/mol. The highest BCUT2D eigenvalue weighted by Gasteiger charge is 2.39. The molecule has 4 heteroatoms. The third-order valence-electron chi connectivity index (χ3n) is 5.13. The van der Waals surface area contributed by atoms with E-state index in [4.69, 9.17) is 4.74 Å². The van der Waals surface area contributed by atoms with Crippen LogP contribution < -0.4 is 15.0 Å². The number of fused-ring (bicyclic) bond motifs is 2. The van der Waals surface area contributed by atoms with Crippen LogP contribution in [0.5, 0.6) is 5.75 Å². The number of nitrogens with one attached hydrogen (secondary N) is 1. The third kappa shape index (κ3) is 2.62. The van der Waals surface area contributed by atoms with E-state index in [1.165, 1.54) is 0 Å². The van der Waals surface area contributed by atoms with E-state index < -0.39 is 0 Å². The molecule has 1 amide bonds. The summed E-state index contributed by atoms with van der Waals surface area (Å²) < 4.78 is 5.22. The number of hydrogen-bond donors (Lipinski definition) is 1. The zero-order valence-corrected chi connectivity index (χ0v) is 13.9. The number of carbonyl (C=O) groups is 1. The Morgan fingerprint density at radius 1 is 1.12 bits per heavy atom. The molecule has 1 aliphatic carbocycles. The van der Waals surface area contributed by atoms with Crippen LogP contribution in [0.1, 0.15) is 24.8 Å². The Kier molecular flexibility index (Phi) is 3.89. The Morgan fingerprint density at radius 3 is 2.71 bits per heavy atom. The van der Waals surface area contributed by atoms with Crippen molar-refractivity contribution in [2.24, 2.45) is 5.92 Å². The van der Waals surface area contributed by atoms with Crippen LogP contribution in [0.4, 0.5) is 11.4 Å². The van der Waals surface area contributed by atoms with Crippen molar-refractivity contribution < 1.29 is 9.53 Å². The molecule has 0 saturated heterocycles. The maximum atomic E-state index is 13.2. The van der Waals surface area contributed by atoms with Gasteiger partial charge in [0.15, 0.2) is 0 Å². The Labute approximate surface area is 142 Å². The zero-order valence-electron chi connectivity index (χ0n) is 13.9. The lowest BCUT2D eigenvalue weighted by atomic mass is 10.0. The quantitative estimate of drug-likeness (QED) is 0.934. The van der Waals surface area contributed by atoms with Gasteiger partial charge in [0.05, 0.1) is 30.9 Å². The summed E-state index contributed by atoms with van der Waals surface area (Å²) in [4.78, 5) is 15.1. The Balaban J connectivity index is 1.69. The van der Waals surface area contributed by atoms with Gasteiger partial charge in [0.2, 0.25) is 5.91 Å². The fourth-order valence-electron chi connectivity index (χ4n) is 3.85. The lowest BCUT2D eigenvalue weighted by Crippen LogP contribution is -2.38. The Hall–Kier alpha value is -2.49. The number of hydrogen-bond acceptors (Lipinski definition) is 3. The number of para-hydroxylation sites is 2. The minimum Gasteiger partial charge on any atom is -0.497 e. The summed E-state index contributed by atoms with van der Waals surface area (Å²) >= 11 is 0. The molecule has 1 saturated carbocycles. The van der Waals surface area contributed by atoms with Crippen molar-refractivity contribution in [3.05, 3.63) is 54.1 Å². The van der Waals surface area contributed by atoms with Crippen molar-refractivity contribution in [3.63, 3.8) is 0 Å². The molecule has 124 valence electrons. The topological polar surface area (TPSA) is 41.6 Å². The molecule has 0 radical (unpaired) electrons. The van der Waals surface area contributed by atoms with Crippen LogP contribution in [0, 0.1) is 5.92 Å². The highest BCUT2D eigenvalue weighted by Crippen LogP contribution is 2.39. The normalized spacial score (nSPS) is 22.4. The standard InChI is InChI=1S/C20H22N2O2/c1-24-15-11-9-14(10-12-15)13-22-19-8-3-2-6-18(19)21-17-7-4-5-16(17)20(22)23/h2-3,6,8-12,16-17,21H,4-5,7,13H2,1H3/t16-,17+/m0/s1. The molecule has 1 aliphatic heterocycles. The van der Waals surface area contributed by atoms with Crippen LogP contribution in [0.15, 0.2) is 48.5 Å². The molecule has 2 aliphatic rings. The number of nitrogens with zero attached hydrogens (tertiary/aromatic N) is 1. The second-order valence-electron chi connectivity index (χ2n) is 6.58. The third-order valence-corrected chi connectivity index (χ3v) is 5.13. The van der Waals surface area contributed by atoms with Gasteiger partial charge in [-0.2, -0.15) is 0 Å². The van der Waals surface area contributed by atoms with E-state index in [-0.39, 0.29) is 17.9 Å². The highest BCUT2D eigenvalue weighted by molar-refractivity contribution is 6.00. The van der Waals surface area contributed by atoms with Gasteiger partial charge in [-0.3, -0.25) is 4.79 Å². The molecule has 1 N–H and O–H groups in total. The van der Waals surface area contributed by atoms with Gasteiger partial charge >= 0.3 is 0 Å². The molecule has 0 unspecified atom stereocenters. The molecule has 4 nitrogen and oxygen atoms in total. The lowest BCUT2D eigenvalue weighted by Gasteiger charge is -2.25. The van der Waals surface area contributed by atoms with Gasteiger partial charge in [0, 0.05) is 6.04 Å². The molecule has 2 aromatic carbocycles. The van der Waals surface area contributed by atoms with E-state index >= 15 is 0 Å². The first-order valence-corrected chi connectivity index (χ1v) is 8.56. The first-order valence-electron chi connectivity index (χ1n) is 8.56. The molecule has 2 atom stereocenters. The number of ether oxygens (including phenoxy) is 1. The Morgan fingerprint density at radius 2 is 1.92 bits per heavy atom. The number of amides is 1. The van der Waals surface area contributed by atoms with Crippen LogP contribution in [0.3, 0.4) is 0 Å². The highest BCUT2D eigenvalue weighted by atomic mass is 16.5. The lowest BCUT2D eigenvalue weighted by molar-refractivity contribution is -0.122. The van der Waals surface area contributed by atoms with Crippen molar-refractivity contribution in [3.8, 4) is 5.75 Å². The summed E-state index contributed by atoms with van der Waals surface area (Å²) in [6.45, 7) is 0.588. The monoisotopic (exact) mass is 322 g/mol. The second-order valence-corrected chi connectivity index (χ2v) is 6.58. The molecule has 0 spiro atoms. The maximum absolute atomic E-state index is 13.2. The van der Waals surface area contributed by atoms with E-state index in [2.05, 4.69) is 11.4 Å². The van der Waals surface area contributed by atoms with Gasteiger partial charge in [0.25, 0.3) is 0 Å². The van der Waals surface area contributed by atoms with Crippen LogP contribution in [0.25, 0.3) is 0 Å². The summed E-state index contributed by atoms with van der Waals surface area (Å²) in [5, 5.41) is 3.60. The summed E-state index contributed by atoms with van der Waals surface area (Å²) in [6, 6.07) is 16.3. The summed E-state index contributed by atoms with van der Waals surface area (Å²) in [5.41, 5.74) is 3.15. The minimum atomic E-state index is 0.0793. The largest absolute Gasteiger partial charge is 0.497 e. The average molecular weight is 322 g/mol. The summed E-state index contributed by atoms with van der Waals surface area (Å²) in [7, 11) is 1.66. The second kappa shape index (κ2) is 6.19. The van der Waals surface area contributed by atoms with E-state index in [0.717, 1.165) is 42.0 Å². The summed E-state index contributed by atoms with van der Waals surface area (Å²) in [6.07, 6.45) is 3.16. The van der Waals surface area contributed by atoms with Crippen molar-refractivity contribution in [1.29, 1.82) is 0 Å². The number of methoxy groups -OCH3 is 1. The number of benzene rings is 2. The maximum Gasteiger partial charge on any atom is 0.232 e. The zero-order chi connectivity index (χ0) is 16.5. The van der Waals surface area contributed by atoms with Gasteiger partial charge in [-0.15, -0.1) is 0 Å². The predicted octanol–water partition coefficient (Wildman–Crippen LogP) is 3.82. The van der Waals surface area contributed by atoms with Gasteiger partial charge in [0.1, 0.15) is 5.75 Å². The average Bonchev–Trinajstić information content (AvgIpc) is 3.05. The number of anilines is 2. The Bertz CT molecular complexity index is 742. The molecule has 4 rings (SSSR count). The first-order chi connectivity index (χ1) is 11.8. The molecule has 0 bridgehead atoms. The minimum absolute atomic E-state index is 0.0793. The van der Waals surface area contributed by atoms with Crippen LogP contribution in [-0.2, 0) is 11.3 Å². The van der Waals surface area contributed by atoms with Crippen molar-refractivity contribution in [2.45, 2.75) is 31.8 Å². The van der Waals surface area contributed by atoms with E-state index in [1.807, 2.05) is 47.4 Å². The van der Waals surface area contributed by atoms with Gasteiger partial charge in [-0.25, -0.2) is 0 Å². The van der Waals surface area contributed by atoms with Gasteiger partial charge < -0.3 is 15.0 Å². The summed E-state index contributed by atoms with van der Waals surface area (Å²) in [5.74, 6) is 1.15. The van der Waals surface area contributed by atoms with Crippen molar-refractivity contribution >= 4 is 17.3 Å². The van der Waals surface area contributed by atoms with Gasteiger partial charge in [-0.05, 0) is 42.7 Å². The molecule has 2 aromatic rings. The molecule has 1 fully saturated rings. The van der Waals surface area contributed by atoms with Crippen LogP contribution >= 0.6 is 0 Å². The smallest absolute Gasteiger partial charge is 0.232 e. The molecular formula is C20H22N2O2.